The van der Waals surface area contributed by atoms with E-state index in [1.807, 2.05) is 13.8 Å². The van der Waals surface area contributed by atoms with E-state index in [9.17, 15) is 4.79 Å². The van der Waals surface area contributed by atoms with Gasteiger partial charge < -0.3 is 4.74 Å². The minimum Gasteiger partial charge on any atom is -0.462 e. The van der Waals surface area contributed by atoms with Crippen LogP contribution in [0.4, 0.5) is 0 Å². The molecule has 0 fully saturated rings. The molecular formula is C15H29NO4. The van der Waals surface area contributed by atoms with Gasteiger partial charge in [0.2, 0.25) is 0 Å². The van der Waals surface area contributed by atoms with Crippen LogP contribution in [-0.4, -0.2) is 41.3 Å². The second-order valence-electron chi connectivity index (χ2n) is 5.89. The molecule has 0 aromatic heterocycles. The maximum atomic E-state index is 12.2. The standard InChI is InChI=1S/C14H29NO2.CO2/c1-9(2)13(14(16)17-12(7)8)15(10(3)4)11(5)6;2-1-3/h9-13H,1-8H3;. The van der Waals surface area contributed by atoms with Gasteiger partial charge in [0.1, 0.15) is 6.04 Å². The molecule has 0 aliphatic heterocycles. The zero-order chi connectivity index (χ0) is 16.5. The highest BCUT2D eigenvalue weighted by molar-refractivity contribution is 5.76. The first-order valence-electron chi connectivity index (χ1n) is 7.07. The van der Waals surface area contributed by atoms with Gasteiger partial charge in [0.25, 0.3) is 0 Å². The molecule has 0 aliphatic carbocycles. The van der Waals surface area contributed by atoms with E-state index in [-0.39, 0.29) is 30.2 Å². The Bertz CT molecular complexity index is 297. The largest absolute Gasteiger partial charge is 0.462 e. The quantitative estimate of drug-likeness (QED) is 0.702. The van der Waals surface area contributed by atoms with Crippen molar-refractivity contribution < 1.29 is 19.1 Å². The fraction of sp³-hybridized carbons (Fsp3) is 0.867. The first kappa shape index (κ1) is 21.1. The smallest absolute Gasteiger partial charge is 0.373 e. The van der Waals surface area contributed by atoms with Crippen molar-refractivity contribution in [2.45, 2.75) is 79.6 Å². The van der Waals surface area contributed by atoms with Crippen molar-refractivity contribution >= 4 is 12.1 Å². The van der Waals surface area contributed by atoms with E-state index in [1.54, 1.807) is 0 Å². The first-order valence-corrected chi connectivity index (χ1v) is 7.07. The van der Waals surface area contributed by atoms with E-state index >= 15 is 0 Å². The second kappa shape index (κ2) is 10.6. The Labute approximate surface area is 122 Å². The van der Waals surface area contributed by atoms with Gasteiger partial charge in [-0.05, 0) is 47.5 Å². The van der Waals surface area contributed by atoms with Crippen molar-refractivity contribution in [3.8, 4) is 0 Å². The summed E-state index contributed by atoms with van der Waals surface area (Å²) in [5.41, 5.74) is 0. The maximum absolute atomic E-state index is 12.2. The molecule has 0 aromatic carbocycles. The SMILES string of the molecule is CC(C)OC(=O)C(C(C)C)N(C(C)C)C(C)C.O=C=O. The summed E-state index contributed by atoms with van der Waals surface area (Å²) in [5, 5.41) is 0. The van der Waals surface area contributed by atoms with Crippen LogP contribution in [0.15, 0.2) is 0 Å². The van der Waals surface area contributed by atoms with E-state index in [2.05, 4.69) is 46.4 Å². The van der Waals surface area contributed by atoms with Gasteiger partial charge in [-0.15, -0.1) is 0 Å². The fourth-order valence-corrected chi connectivity index (χ4v) is 2.28. The summed E-state index contributed by atoms with van der Waals surface area (Å²) in [7, 11) is 0. The number of carbonyl (C=O) groups excluding carboxylic acids is 3. The molecule has 20 heavy (non-hydrogen) atoms. The van der Waals surface area contributed by atoms with Crippen LogP contribution >= 0.6 is 0 Å². The van der Waals surface area contributed by atoms with E-state index in [4.69, 9.17) is 14.3 Å². The number of esters is 1. The number of hydrogen-bond donors (Lipinski definition) is 0. The van der Waals surface area contributed by atoms with E-state index in [0.29, 0.717) is 12.1 Å². The number of ether oxygens (including phenoxy) is 1. The Morgan fingerprint density at radius 3 is 1.45 bits per heavy atom. The van der Waals surface area contributed by atoms with Crippen molar-refractivity contribution in [2.24, 2.45) is 5.92 Å². The van der Waals surface area contributed by atoms with Gasteiger partial charge in [-0.1, -0.05) is 13.8 Å². The lowest BCUT2D eigenvalue weighted by Crippen LogP contribution is -2.52. The molecule has 0 saturated heterocycles. The third kappa shape index (κ3) is 8.08. The van der Waals surface area contributed by atoms with Gasteiger partial charge in [-0.3, -0.25) is 9.69 Å². The Morgan fingerprint density at radius 2 is 1.25 bits per heavy atom. The number of nitrogens with zero attached hydrogens (tertiary/aromatic N) is 1. The van der Waals surface area contributed by atoms with Crippen LogP contribution in [0.25, 0.3) is 0 Å². The van der Waals surface area contributed by atoms with Crippen molar-refractivity contribution in [1.82, 2.24) is 4.90 Å². The molecule has 118 valence electrons. The summed E-state index contributed by atoms with van der Waals surface area (Å²) in [6.07, 6.45) is 0.199. The second-order valence-corrected chi connectivity index (χ2v) is 5.89. The highest BCUT2D eigenvalue weighted by Crippen LogP contribution is 2.19. The zero-order valence-corrected chi connectivity index (χ0v) is 14.0. The van der Waals surface area contributed by atoms with Crippen molar-refractivity contribution in [1.29, 1.82) is 0 Å². The van der Waals surface area contributed by atoms with Gasteiger partial charge >= 0.3 is 12.1 Å². The molecule has 1 unspecified atom stereocenters. The molecule has 0 radical (unpaired) electrons. The summed E-state index contributed by atoms with van der Waals surface area (Å²) in [6, 6.07) is 0.515. The Kier molecular flexibility index (Phi) is 11.2. The summed E-state index contributed by atoms with van der Waals surface area (Å²) >= 11 is 0. The van der Waals surface area contributed by atoms with Crippen molar-refractivity contribution in [2.75, 3.05) is 0 Å². The number of hydrogen-bond acceptors (Lipinski definition) is 5. The molecule has 0 spiro atoms. The summed E-state index contributed by atoms with van der Waals surface area (Å²) in [6.45, 7) is 16.4. The maximum Gasteiger partial charge on any atom is 0.373 e. The highest BCUT2D eigenvalue weighted by atomic mass is 16.5. The fourth-order valence-electron chi connectivity index (χ4n) is 2.28. The molecule has 0 bridgehead atoms. The normalized spacial score (nSPS) is 12.4. The zero-order valence-electron chi connectivity index (χ0n) is 14.0. The topological polar surface area (TPSA) is 63.7 Å². The van der Waals surface area contributed by atoms with Crippen LogP contribution in [0.1, 0.15) is 55.4 Å². The van der Waals surface area contributed by atoms with Crippen molar-refractivity contribution in [3.05, 3.63) is 0 Å². The lowest BCUT2D eigenvalue weighted by Gasteiger charge is -2.39. The van der Waals surface area contributed by atoms with Crippen LogP contribution < -0.4 is 0 Å². The molecule has 0 saturated carbocycles. The monoisotopic (exact) mass is 287 g/mol. The number of rotatable bonds is 6. The molecule has 1 atom stereocenters. The molecule has 0 aromatic rings. The predicted octanol–water partition coefficient (Wildman–Crippen LogP) is 2.50. The molecule has 0 heterocycles. The van der Waals surface area contributed by atoms with Crippen molar-refractivity contribution in [3.63, 3.8) is 0 Å². The molecule has 5 nitrogen and oxygen atoms in total. The summed E-state index contributed by atoms with van der Waals surface area (Å²) in [4.78, 5) is 30.7. The molecular weight excluding hydrogens is 258 g/mol. The lowest BCUT2D eigenvalue weighted by molar-refractivity contribution is -0.191. The van der Waals surface area contributed by atoms with Gasteiger partial charge in [0, 0.05) is 12.1 Å². The van der Waals surface area contributed by atoms with E-state index in [0.717, 1.165) is 0 Å². The average molecular weight is 287 g/mol. The molecule has 0 N–H and O–H groups in total. The predicted molar refractivity (Wildman–Crippen MR) is 77.0 cm³/mol. The van der Waals surface area contributed by atoms with E-state index < -0.39 is 0 Å². The molecule has 0 aliphatic rings. The average Bonchev–Trinajstić information content (AvgIpc) is 2.23. The lowest BCUT2D eigenvalue weighted by atomic mass is 9.99. The Balaban J connectivity index is 0. The highest BCUT2D eigenvalue weighted by Gasteiger charge is 2.33. The van der Waals surface area contributed by atoms with Crippen LogP contribution in [-0.2, 0) is 19.1 Å². The van der Waals surface area contributed by atoms with Gasteiger partial charge in [-0.2, -0.15) is 9.59 Å². The van der Waals surface area contributed by atoms with Crippen LogP contribution in [0.3, 0.4) is 0 Å². The van der Waals surface area contributed by atoms with Crippen LogP contribution in [0, 0.1) is 5.92 Å². The molecule has 0 amide bonds. The van der Waals surface area contributed by atoms with Gasteiger partial charge in [-0.25, -0.2) is 0 Å². The third-order valence-corrected chi connectivity index (χ3v) is 2.74. The third-order valence-electron chi connectivity index (χ3n) is 2.74. The van der Waals surface area contributed by atoms with E-state index in [1.165, 1.54) is 0 Å². The Morgan fingerprint density at radius 1 is 0.900 bits per heavy atom. The van der Waals surface area contributed by atoms with Crippen LogP contribution in [0.2, 0.25) is 0 Å². The molecule has 5 heteroatoms. The number of carbonyl (C=O) groups is 1. The summed E-state index contributed by atoms with van der Waals surface area (Å²) < 4.78 is 5.37. The van der Waals surface area contributed by atoms with Gasteiger partial charge in [0.15, 0.2) is 0 Å². The minimum absolute atomic E-state index is 0.0510. The van der Waals surface area contributed by atoms with Crippen LogP contribution in [0.5, 0.6) is 0 Å². The molecule has 0 rings (SSSR count). The minimum atomic E-state index is -0.155. The van der Waals surface area contributed by atoms with Gasteiger partial charge in [0.05, 0.1) is 6.10 Å². The summed E-state index contributed by atoms with van der Waals surface area (Å²) in [5.74, 6) is 0.156. The Hall–Kier alpha value is -1.19. The first-order chi connectivity index (χ1) is 9.09.